The van der Waals surface area contributed by atoms with Gasteiger partial charge in [-0.25, -0.2) is 0 Å². The number of unbranched alkanes of at least 4 members (excludes halogenated alkanes) is 13. The zero-order chi connectivity index (χ0) is 29.3. The SMILES string of the molecule is CCCCCCCCCCCCCCCCO[C@H]1C[C@H](C=O)[C@@H](O[Si](C)(C)C(C)(C)C)[C@@H]1OCc1ccccc1. The Morgan fingerprint density at radius 1 is 0.775 bits per heavy atom. The van der Waals surface area contributed by atoms with Gasteiger partial charge in [-0.3, -0.25) is 0 Å². The molecule has 0 saturated heterocycles. The van der Waals surface area contributed by atoms with E-state index in [9.17, 15) is 4.79 Å². The summed E-state index contributed by atoms with van der Waals surface area (Å²) in [5.74, 6) is -0.184. The second kappa shape index (κ2) is 19.2. The van der Waals surface area contributed by atoms with E-state index < -0.39 is 8.32 Å². The third-order valence-corrected chi connectivity index (χ3v) is 13.6. The van der Waals surface area contributed by atoms with Gasteiger partial charge in [-0.15, -0.1) is 0 Å². The molecule has 4 atom stereocenters. The number of carbonyl (C=O) groups is 1. The van der Waals surface area contributed by atoms with Crippen molar-refractivity contribution in [2.75, 3.05) is 6.61 Å². The molecule has 1 saturated carbocycles. The molecule has 1 fully saturated rings. The van der Waals surface area contributed by atoms with E-state index in [4.69, 9.17) is 13.9 Å². The summed E-state index contributed by atoms with van der Waals surface area (Å²) in [7, 11) is -2.08. The predicted octanol–water partition coefficient (Wildman–Crippen LogP) is 10.0. The van der Waals surface area contributed by atoms with E-state index in [1.165, 1.54) is 83.5 Å². The minimum Gasteiger partial charge on any atom is -0.410 e. The van der Waals surface area contributed by atoms with Gasteiger partial charge < -0.3 is 18.7 Å². The van der Waals surface area contributed by atoms with Crippen LogP contribution in [0.25, 0.3) is 0 Å². The van der Waals surface area contributed by atoms with Crippen LogP contribution >= 0.6 is 0 Å². The Bertz CT molecular complexity index is 775. The summed E-state index contributed by atoms with van der Waals surface area (Å²) >= 11 is 0. The van der Waals surface area contributed by atoms with Crippen LogP contribution in [0, 0.1) is 5.92 Å². The van der Waals surface area contributed by atoms with Crippen LogP contribution in [-0.4, -0.2) is 39.5 Å². The van der Waals surface area contributed by atoms with Gasteiger partial charge in [0.25, 0.3) is 0 Å². The van der Waals surface area contributed by atoms with Crippen LogP contribution in [0.1, 0.15) is 130 Å². The number of ether oxygens (including phenoxy) is 2. The fraction of sp³-hybridized carbons (Fsp3) is 0.800. The highest BCUT2D eigenvalue weighted by atomic mass is 28.4. The maximum atomic E-state index is 12.2. The molecule has 0 aromatic heterocycles. The molecule has 40 heavy (non-hydrogen) atoms. The second-order valence-electron chi connectivity index (χ2n) is 13.6. The Balaban J connectivity index is 1.74. The Hall–Kier alpha value is -1.01. The lowest BCUT2D eigenvalue weighted by atomic mass is 10.0. The highest BCUT2D eigenvalue weighted by Crippen LogP contribution is 2.42. The summed E-state index contributed by atoms with van der Waals surface area (Å²) in [6.07, 6.45) is 20.1. The fourth-order valence-corrected chi connectivity index (χ4v) is 6.80. The van der Waals surface area contributed by atoms with Crippen LogP contribution < -0.4 is 0 Å². The molecular weight excluding hydrogens is 512 g/mol. The average molecular weight is 575 g/mol. The number of aldehydes is 1. The van der Waals surface area contributed by atoms with Crippen LogP contribution in [0.4, 0.5) is 0 Å². The van der Waals surface area contributed by atoms with Gasteiger partial charge in [0.1, 0.15) is 12.4 Å². The van der Waals surface area contributed by atoms with Gasteiger partial charge in [-0.05, 0) is 36.5 Å². The highest BCUT2D eigenvalue weighted by Gasteiger charge is 2.50. The van der Waals surface area contributed by atoms with Crippen LogP contribution in [0.15, 0.2) is 30.3 Å². The number of hydrogen-bond donors (Lipinski definition) is 0. The second-order valence-corrected chi connectivity index (χ2v) is 18.4. The molecule has 2 rings (SSSR count). The first kappa shape index (κ1) is 35.2. The van der Waals surface area contributed by atoms with E-state index in [0.29, 0.717) is 13.0 Å². The maximum absolute atomic E-state index is 12.2. The molecule has 0 bridgehead atoms. The van der Waals surface area contributed by atoms with Crippen molar-refractivity contribution in [2.24, 2.45) is 5.92 Å². The predicted molar refractivity (Wildman–Crippen MR) is 171 cm³/mol. The fourth-order valence-electron chi connectivity index (χ4n) is 5.46. The molecule has 0 N–H and O–H groups in total. The summed E-state index contributed by atoms with van der Waals surface area (Å²) < 4.78 is 19.7. The number of hydrogen-bond acceptors (Lipinski definition) is 4. The maximum Gasteiger partial charge on any atom is 0.192 e. The normalized spacial score (nSPS) is 21.6. The molecule has 0 heterocycles. The Kier molecular flexibility index (Phi) is 16.9. The number of rotatable bonds is 22. The minimum atomic E-state index is -2.08. The molecule has 4 nitrogen and oxygen atoms in total. The number of benzene rings is 1. The lowest BCUT2D eigenvalue weighted by Crippen LogP contribution is -2.49. The quantitative estimate of drug-likeness (QED) is 0.0785. The van der Waals surface area contributed by atoms with Crippen molar-refractivity contribution in [3.8, 4) is 0 Å². The van der Waals surface area contributed by atoms with Gasteiger partial charge >= 0.3 is 0 Å². The first-order chi connectivity index (χ1) is 19.2. The van der Waals surface area contributed by atoms with Gasteiger partial charge in [-0.1, -0.05) is 141 Å². The molecule has 0 radical (unpaired) electrons. The summed E-state index contributed by atoms with van der Waals surface area (Å²) in [6.45, 7) is 14.8. The Labute approximate surface area is 248 Å². The topological polar surface area (TPSA) is 44.8 Å². The van der Waals surface area contributed by atoms with Crippen molar-refractivity contribution in [2.45, 2.75) is 167 Å². The van der Waals surface area contributed by atoms with E-state index in [-0.39, 0.29) is 29.3 Å². The van der Waals surface area contributed by atoms with Gasteiger partial charge in [-0.2, -0.15) is 0 Å². The largest absolute Gasteiger partial charge is 0.410 e. The van der Waals surface area contributed by atoms with Crippen LogP contribution in [-0.2, 0) is 25.3 Å². The van der Waals surface area contributed by atoms with Crippen LogP contribution in [0.2, 0.25) is 18.1 Å². The molecule has 0 amide bonds. The van der Waals surface area contributed by atoms with Crippen molar-refractivity contribution < 1.29 is 18.7 Å². The first-order valence-corrected chi connectivity index (χ1v) is 19.5. The standard InChI is InChI=1S/C35H62O4Si/c1-7-8-9-10-11-12-13-14-15-16-17-18-19-23-26-37-32-27-31(28-36)33(39-40(5,6)35(2,3)4)34(32)38-29-30-24-21-20-22-25-30/h20-22,24-25,28,31-34H,7-19,23,26-27,29H2,1-6H3/t31-,32+,33-,34-/m1/s1. The summed E-state index contributed by atoms with van der Waals surface area (Å²) in [4.78, 5) is 12.2. The first-order valence-electron chi connectivity index (χ1n) is 16.6. The van der Waals surface area contributed by atoms with Crippen molar-refractivity contribution in [1.29, 1.82) is 0 Å². The third-order valence-electron chi connectivity index (χ3n) is 9.14. The molecule has 0 unspecified atom stereocenters. The van der Waals surface area contributed by atoms with Crippen molar-refractivity contribution in [3.63, 3.8) is 0 Å². The molecule has 0 spiro atoms. The molecule has 1 aromatic rings. The van der Waals surface area contributed by atoms with E-state index in [1.54, 1.807) is 0 Å². The van der Waals surface area contributed by atoms with Gasteiger partial charge in [0.15, 0.2) is 8.32 Å². The molecule has 1 aliphatic rings. The molecular formula is C35H62O4Si. The molecule has 230 valence electrons. The van der Waals surface area contributed by atoms with Crippen molar-refractivity contribution in [3.05, 3.63) is 35.9 Å². The summed E-state index contributed by atoms with van der Waals surface area (Å²) in [5, 5.41) is 0.0671. The smallest absolute Gasteiger partial charge is 0.192 e. The third kappa shape index (κ3) is 12.9. The lowest BCUT2D eigenvalue weighted by Gasteiger charge is -2.40. The van der Waals surface area contributed by atoms with E-state index in [0.717, 1.165) is 24.9 Å². The van der Waals surface area contributed by atoms with E-state index in [2.05, 4.69) is 52.9 Å². The lowest BCUT2D eigenvalue weighted by molar-refractivity contribution is -0.117. The zero-order valence-electron chi connectivity index (χ0n) is 26.9. The monoisotopic (exact) mass is 574 g/mol. The molecule has 5 heteroatoms. The molecule has 1 aliphatic carbocycles. The molecule has 1 aromatic carbocycles. The Morgan fingerprint density at radius 2 is 1.30 bits per heavy atom. The van der Waals surface area contributed by atoms with Crippen LogP contribution in [0.3, 0.4) is 0 Å². The minimum absolute atomic E-state index is 0.0671. The highest BCUT2D eigenvalue weighted by molar-refractivity contribution is 6.74. The van der Waals surface area contributed by atoms with E-state index >= 15 is 0 Å². The van der Waals surface area contributed by atoms with Crippen molar-refractivity contribution in [1.82, 2.24) is 0 Å². The number of carbonyl (C=O) groups excluding carboxylic acids is 1. The van der Waals surface area contributed by atoms with Crippen LogP contribution in [0.5, 0.6) is 0 Å². The molecule has 0 aliphatic heterocycles. The van der Waals surface area contributed by atoms with Gasteiger partial charge in [0.2, 0.25) is 0 Å². The van der Waals surface area contributed by atoms with Crippen molar-refractivity contribution >= 4 is 14.6 Å². The zero-order valence-corrected chi connectivity index (χ0v) is 27.9. The summed E-state index contributed by atoms with van der Waals surface area (Å²) in [5.41, 5.74) is 1.13. The van der Waals surface area contributed by atoms with Gasteiger partial charge in [0, 0.05) is 12.5 Å². The Morgan fingerprint density at radius 3 is 1.80 bits per heavy atom. The average Bonchev–Trinajstić information content (AvgIpc) is 3.24. The van der Waals surface area contributed by atoms with E-state index in [1.807, 2.05) is 18.2 Å². The summed E-state index contributed by atoms with van der Waals surface area (Å²) in [6, 6.07) is 10.3. The van der Waals surface area contributed by atoms with Gasteiger partial charge in [0.05, 0.1) is 18.8 Å².